The Hall–Kier alpha value is -2.74. The van der Waals surface area contributed by atoms with E-state index in [4.69, 9.17) is 4.74 Å². The highest BCUT2D eigenvalue weighted by atomic mass is 16.5. The normalized spacial score (nSPS) is 25.7. The highest BCUT2D eigenvalue weighted by Gasteiger charge is 2.36. The molecule has 0 aromatic carbocycles. The molecule has 0 unspecified atom stereocenters. The molecule has 5 rings (SSSR count). The summed E-state index contributed by atoms with van der Waals surface area (Å²) in [5.74, 6) is 1.43. The number of methoxy groups -OCH3 is 1. The Bertz CT molecular complexity index is 1010. The van der Waals surface area contributed by atoms with E-state index in [9.17, 15) is 9.59 Å². The van der Waals surface area contributed by atoms with Crippen LogP contribution in [0.5, 0.6) is 0 Å². The second kappa shape index (κ2) is 8.42. The number of carbonyl (C=O) groups excluding carboxylic acids is 1. The Kier molecular flexibility index (Phi) is 5.48. The summed E-state index contributed by atoms with van der Waals surface area (Å²) < 4.78 is 6.93. The predicted molar refractivity (Wildman–Crippen MR) is 116 cm³/mol. The molecular formula is C23H29N5O3. The SMILES string of the molecule is COC(=O)[C@@H]1CCCN(Cc2ccc3n(c2=O)C[C@H]2C[C@@H]3CN(c3cccnn3)C2)C1. The van der Waals surface area contributed by atoms with Gasteiger partial charge in [0.2, 0.25) is 0 Å². The summed E-state index contributed by atoms with van der Waals surface area (Å²) in [7, 11) is 1.44. The summed E-state index contributed by atoms with van der Waals surface area (Å²) >= 11 is 0. The van der Waals surface area contributed by atoms with Gasteiger partial charge in [-0.3, -0.25) is 14.5 Å². The van der Waals surface area contributed by atoms with Crippen molar-refractivity contribution in [3.8, 4) is 0 Å². The van der Waals surface area contributed by atoms with E-state index in [2.05, 4.69) is 26.1 Å². The van der Waals surface area contributed by atoms with Crippen LogP contribution in [0.4, 0.5) is 5.82 Å². The van der Waals surface area contributed by atoms with Crippen molar-refractivity contribution >= 4 is 11.8 Å². The molecule has 0 radical (unpaired) electrons. The van der Waals surface area contributed by atoms with Gasteiger partial charge in [0.05, 0.1) is 13.0 Å². The first-order valence-corrected chi connectivity index (χ1v) is 11.2. The van der Waals surface area contributed by atoms with Crippen molar-refractivity contribution in [2.45, 2.75) is 38.3 Å². The second-order valence-corrected chi connectivity index (χ2v) is 9.08. The van der Waals surface area contributed by atoms with E-state index in [1.54, 1.807) is 6.20 Å². The van der Waals surface area contributed by atoms with Crippen LogP contribution in [0.25, 0.3) is 0 Å². The smallest absolute Gasteiger partial charge is 0.309 e. The van der Waals surface area contributed by atoms with E-state index in [-0.39, 0.29) is 17.4 Å². The lowest BCUT2D eigenvalue weighted by atomic mass is 9.83. The van der Waals surface area contributed by atoms with E-state index in [1.807, 2.05) is 22.8 Å². The van der Waals surface area contributed by atoms with Crippen LogP contribution in [0.3, 0.4) is 0 Å². The van der Waals surface area contributed by atoms with Crippen molar-refractivity contribution in [3.05, 3.63) is 52.1 Å². The molecule has 8 heteroatoms. The molecule has 2 aromatic rings. The number of pyridine rings is 1. The fourth-order valence-corrected chi connectivity index (χ4v) is 5.56. The number of likely N-dealkylation sites (tertiary alicyclic amines) is 1. The van der Waals surface area contributed by atoms with Crippen molar-refractivity contribution in [2.75, 3.05) is 38.2 Å². The van der Waals surface area contributed by atoms with Gasteiger partial charge in [0, 0.05) is 56.1 Å². The minimum Gasteiger partial charge on any atom is -0.469 e. The molecule has 2 bridgehead atoms. The average molecular weight is 424 g/mol. The molecule has 0 spiro atoms. The molecule has 5 heterocycles. The molecule has 3 aliphatic rings. The first-order valence-electron chi connectivity index (χ1n) is 11.2. The number of rotatable bonds is 4. The van der Waals surface area contributed by atoms with Crippen LogP contribution < -0.4 is 10.5 Å². The number of fused-ring (bicyclic) bond motifs is 4. The van der Waals surface area contributed by atoms with E-state index in [1.165, 1.54) is 7.11 Å². The van der Waals surface area contributed by atoms with Crippen molar-refractivity contribution < 1.29 is 9.53 Å². The first kappa shape index (κ1) is 20.2. The molecule has 3 aliphatic heterocycles. The van der Waals surface area contributed by atoms with Crippen molar-refractivity contribution in [2.24, 2.45) is 11.8 Å². The molecule has 0 saturated carbocycles. The number of hydrogen-bond acceptors (Lipinski definition) is 7. The number of carbonyl (C=O) groups is 1. The Morgan fingerprint density at radius 1 is 1.19 bits per heavy atom. The maximum atomic E-state index is 13.4. The average Bonchev–Trinajstić information content (AvgIpc) is 2.81. The van der Waals surface area contributed by atoms with Crippen LogP contribution in [0.1, 0.15) is 36.4 Å². The van der Waals surface area contributed by atoms with Crippen LogP contribution in [0.15, 0.2) is 35.3 Å². The summed E-state index contributed by atoms with van der Waals surface area (Å²) in [4.78, 5) is 29.8. The molecule has 31 heavy (non-hydrogen) atoms. The number of aromatic nitrogens is 3. The van der Waals surface area contributed by atoms with Crippen LogP contribution in [0, 0.1) is 11.8 Å². The molecular weight excluding hydrogens is 394 g/mol. The lowest BCUT2D eigenvalue weighted by Gasteiger charge is -2.43. The van der Waals surface area contributed by atoms with Gasteiger partial charge in [-0.2, -0.15) is 5.10 Å². The Labute approximate surface area is 181 Å². The van der Waals surface area contributed by atoms with Crippen molar-refractivity contribution in [1.29, 1.82) is 0 Å². The zero-order valence-electron chi connectivity index (χ0n) is 17.9. The number of nitrogens with zero attached hydrogens (tertiary/aromatic N) is 5. The summed E-state index contributed by atoms with van der Waals surface area (Å²) in [6.07, 6.45) is 4.62. The van der Waals surface area contributed by atoms with E-state index < -0.39 is 0 Å². The lowest BCUT2D eigenvalue weighted by molar-refractivity contribution is -0.147. The highest BCUT2D eigenvalue weighted by molar-refractivity contribution is 5.72. The highest BCUT2D eigenvalue weighted by Crippen LogP contribution is 2.36. The third kappa shape index (κ3) is 3.96. The molecule has 0 aliphatic carbocycles. The number of piperidine rings is 2. The second-order valence-electron chi connectivity index (χ2n) is 9.08. The van der Waals surface area contributed by atoms with Gasteiger partial charge in [-0.1, -0.05) is 6.07 Å². The monoisotopic (exact) mass is 423 g/mol. The number of esters is 1. The largest absolute Gasteiger partial charge is 0.469 e. The third-order valence-electron chi connectivity index (χ3n) is 7.00. The van der Waals surface area contributed by atoms with E-state index >= 15 is 0 Å². The zero-order valence-corrected chi connectivity index (χ0v) is 17.9. The minimum atomic E-state index is -0.146. The fourth-order valence-electron chi connectivity index (χ4n) is 5.56. The Morgan fingerprint density at radius 3 is 2.90 bits per heavy atom. The Morgan fingerprint density at radius 2 is 2.10 bits per heavy atom. The minimum absolute atomic E-state index is 0.0921. The van der Waals surface area contributed by atoms with Gasteiger partial charge in [0.15, 0.2) is 5.82 Å². The van der Waals surface area contributed by atoms with E-state index in [0.29, 0.717) is 24.9 Å². The number of hydrogen-bond donors (Lipinski definition) is 0. The van der Waals surface area contributed by atoms with Crippen molar-refractivity contribution in [3.63, 3.8) is 0 Å². The lowest BCUT2D eigenvalue weighted by Crippen LogP contribution is -2.48. The topological polar surface area (TPSA) is 80.6 Å². The predicted octanol–water partition coefficient (Wildman–Crippen LogP) is 1.65. The molecule has 2 aromatic heterocycles. The molecule has 0 N–H and O–H groups in total. The standard InChI is InChI=1S/C23H29N5O3/c1-31-23(30)18-4-3-9-26(14-18)13-17-6-7-20-19-10-16(12-28(20)22(17)29)11-27(15-19)21-5-2-8-24-25-21/h2,5-8,16,18-19H,3-4,9-15H2,1H3/t16-,18+,19+/m0/s1. The summed E-state index contributed by atoms with van der Waals surface area (Å²) in [5, 5.41) is 8.30. The molecule has 3 atom stereocenters. The van der Waals surface area contributed by atoms with Crippen molar-refractivity contribution in [1.82, 2.24) is 19.7 Å². The molecule has 2 fully saturated rings. The molecule has 0 amide bonds. The molecule has 8 nitrogen and oxygen atoms in total. The fraction of sp³-hybridized carbons (Fsp3) is 0.565. The Balaban J connectivity index is 1.34. The molecule has 164 valence electrons. The summed E-state index contributed by atoms with van der Waals surface area (Å²) in [6.45, 7) is 4.67. The van der Waals surface area contributed by atoms with E-state index in [0.717, 1.165) is 62.5 Å². The maximum absolute atomic E-state index is 13.4. The summed E-state index contributed by atoms with van der Waals surface area (Å²) in [5.41, 5.74) is 2.07. The number of ether oxygens (including phenoxy) is 1. The van der Waals surface area contributed by atoms with Crippen LogP contribution in [-0.2, 0) is 22.6 Å². The van der Waals surface area contributed by atoms with Gasteiger partial charge in [-0.15, -0.1) is 5.10 Å². The quantitative estimate of drug-likeness (QED) is 0.692. The van der Waals surface area contributed by atoms with Crippen LogP contribution >= 0.6 is 0 Å². The van der Waals surface area contributed by atoms with Gasteiger partial charge in [0.1, 0.15) is 0 Å². The third-order valence-corrected chi connectivity index (χ3v) is 7.00. The maximum Gasteiger partial charge on any atom is 0.309 e. The zero-order chi connectivity index (χ0) is 21.4. The molecule has 2 saturated heterocycles. The number of anilines is 1. The van der Waals surface area contributed by atoms with Gasteiger partial charge in [-0.25, -0.2) is 0 Å². The van der Waals surface area contributed by atoms with Gasteiger partial charge in [-0.05, 0) is 49.9 Å². The van der Waals surface area contributed by atoms with Gasteiger partial charge in [0.25, 0.3) is 5.56 Å². The van der Waals surface area contributed by atoms with Crippen LogP contribution in [0.2, 0.25) is 0 Å². The van der Waals surface area contributed by atoms with Gasteiger partial charge >= 0.3 is 5.97 Å². The van der Waals surface area contributed by atoms with Gasteiger partial charge < -0.3 is 14.2 Å². The summed E-state index contributed by atoms with van der Waals surface area (Å²) in [6, 6.07) is 8.06. The first-order chi connectivity index (χ1) is 15.1. The van der Waals surface area contributed by atoms with Crippen LogP contribution in [-0.4, -0.2) is 58.9 Å².